The Balaban J connectivity index is 0.000000130. The number of piperidine rings is 2. The van der Waals surface area contributed by atoms with E-state index >= 15 is 4.39 Å². The van der Waals surface area contributed by atoms with Gasteiger partial charge in [-0.25, -0.2) is 33.9 Å². The lowest BCUT2D eigenvalue weighted by atomic mass is 9.84. The molecule has 7 saturated heterocycles. The number of nitrogens with one attached hydrogen (secondary N) is 5. The molecule has 33 heteroatoms. The van der Waals surface area contributed by atoms with Crippen molar-refractivity contribution in [1.82, 2.24) is 88.8 Å². The number of pyridine rings is 4. The number of halogens is 3. The fourth-order valence-electron chi connectivity index (χ4n) is 19.4. The van der Waals surface area contributed by atoms with Crippen molar-refractivity contribution in [3.63, 3.8) is 0 Å². The van der Waals surface area contributed by atoms with Gasteiger partial charge in [-0.1, -0.05) is 84.2 Å². The van der Waals surface area contributed by atoms with Crippen LogP contribution in [0.2, 0.25) is 10.0 Å². The minimum Gasteiger partial charge on any atom is -0.489 e. The molecule has 4 unspecified atom stereocenters. The van der Waals surface area contributed by atoms with E-state index in [9.17, 15) is 14.4 Å². The van der Waals surface area contributed by atoms with Gasteiger partial charge in [-0.05, 0) is 231 Å². The van der Waals surface area contributed by atoms with Gasteiger partial charge in [0, 0.05) is 217 Å². The molecule has 4 atom stereocenters. The molecule has 135 heavy (non-hydrogen) atoms. The predicted octanol–water partition coefficient (Wildman–Crippen LogP) is 18.3. The van der Waals surface area contributed by atoms with Crippen molar-refractivity contribution in [3.8, 4) is 44.4 Å². The number of nitrogens with zero attached hydrogens (tertiary/aromatic N) is 17. The van der Waals surface area contributed by atoms with E-state index in [1.54, 1.807) is 56.8 Å². The van der Waals surface area contributed by atoms with Gasteiger partial charge in [0.1, 0.15) is 34.0 Å². The largest absolute Gasteiger partial charge is 0.489 e. The first-order valence-corrected chi connectivity index (χ1v) is 50.2. The molecule has 7 aliphatic rings. The summed E-state index contributed by atoms with van der Waals surface area (Å²) in [5.74, 6) is 3.73. The summed E-state index contributed by atoms with van der Waals surface area (Å²) in [5.41, 5.74) is 14.7. The number of aryl methyl sites for hydroxylation is 1. The van der Waals surface area contributed by atoms with Crippen molar-refractivity contribution in [3.05, 3.63) is 267 Å². The minimum absolute atomic E-state index is 0.130. The number of thiazole rings is 2. The van der Waals surface area contributed by atoms with Gasteiger partial charge in [0.15, 0.2) is 10.8 Å². The molecule has 21 rings (SSSR count). The Morgan fingerprint density at radius 1 is 0.563 bits per heavy atom. The van der Waals surface area contributed by atoms with E-state index in [-0.39, 0.29) is 40.5 Å². The molecular formula is C102H111Cl2FN22O5S3. The van der Waals surface area contributed by atoms with Crippen molar-refractivity contribution in [2.45, 2.75) is 114 Å². The van der Waals surface area contributed by atoms with Crippen LogP contribution in [-0.2, 0) is 17.8 Å². The third-order valence-corrected chi connectivity index (χ3v) is 30.3. The highest BCUT2D eigenvalue weighted by atomic mass is 35.5. The number of anilines is 7. The van der Waals surface area contributed by atoms with Crippen molar-refractivity contribution >= 4 is 131 Å². The van der Waals surface area contributed by atoms with Crippen LogP contribution < -0.4 is 52.9 Å². The monoisotopic (exact) mass is 1910 g/mol. The van der Waals surface area contributed by atoms with Crippen LogP contribution in [0.3, 0.4) is 0 Å². The number of piperazine rings is 1. The number of rotatable bonds is 22. The van der Waals surface area contributed by atoms with Gasteiger partial charge in [0.25, 0.3) is 16.7 Å². The molecule has 7 aliphatic heterocycles. The summed E-state index contributed by atoms with van der Waals surface area (Å²) in [6.45, 7) is 22.5. The van der Waals surface area contributed by atoms with E-state index < -0.39 is 0 Å². The summed E-state index contributed by atoms with van der Waals surface area (Å²) in [6, 6.07) is 41.8. The summed E-state index contributed by atoms with van der Waals surface area (Å²) in [6.07, 6.45) is 20.2. The molecule has 0 radical (unpaired) electrons. The second-order valence-electron chi connectivity index (χ2n) is 36.3. The summed E-state index contributed by atoms with van der Waals surface area (Å²) in [7, 11) is 6.45. The molecule has 7 fully saturated rings. The molecule has 0 aliphatic carbocycles. The van der Waals surface area contributed by atoms with Crippen LogP contribution >= 0.6 is 57.6 Å². The number of fused-ring (bicyclic) bond motifs is 3. The lowest BCUT2D eigenvalue weighted by molar-refractivity contribution is 0.0613. The maximum absolute atomic E-state index is 15.1. The van der Waals surface area contributed by atoms with Crippen LogP contribution in [-0.4, -0.2) is 209 Å². The van der Waals surface area contributed by atoms with Gasteiger partial charge < -0.3 is 55.7 Å². The smallest absolute Gasteiger partial charge is 0.266 e. The van der Waals surface area contributed by atoms with E-state index in [0.29, 0.717) is 138 Å². The van der Waals surface area contributed by atoms with Crippen molar-refractivity contribution in [1.29, 1.82) is 0 Å². The number of likely N-dealkylation sites (N-methyl/N-ethyl adjacent to an activating group) is 1. The Kier molecular flexibility index (Phi) is 28.8. The first kappa shape index (κ1) is 92.6. The number of allylic oxidation sites excluding steroid dienone is 1. The number of likely N-dealkylation sites (tertiary alicyclic amines) is 4. The second kappa shape index (κ2) is 42.0. The first-order valence-electron chi connectivity index (χ1n) is 46.7. The topological polar surface area (TPSA) is 277 Å². The van der Waals surface area contributed by atoms with Crippen LogP contribution in [0.5, 0.6) is 5.75 Å². The molecule has 5 aromatic carbocycles. The molecule has 0 saturated carbocycles. The van der Waals surface area contributed by atoms with Gasteiger partial charge in [-0.2, -0.15) is 26.7 Å². The van der Waals surface area contributed by atoms with Gasteiger partial charge in [0.05, 0.1) is 28.5 Å². The molecule has 16 heterocycles. The zero-order chi connectivity index (χ0) is 92.7. The van der Waals surface area contributed by atoms with E-state index in [2.05, 4.69) is 154 Å². The highest BCUT2D eigenvalue weighted by Crippen LogP contribution is 2.41. The molecule has 0 bridgehead atoms. The maximum atomic E-state index is 15.1. The molecule has 0 spiro atoms. The van der Waals surface area contributed by atoms with Gasteiger partial charge in [-0.3, -0.25) is 33.4 Å². The Hall–Kier alpha value is -11.5. The average Bonchev–Trinajstić information content (AvgIpc) is 1.31. The summed E-state index contributed by atoms with van der Waals surface area (Å²) >= 11 is 18.7. The van der Waals surface area contributed by atoms with E-state index in [0.717, 1.165) is 186 Å². The fourth-order valence-corrected chi connectivity index (χ4v) is 22.4. The van der Waals surface area contributed by atoms with E-state index in [4.69, 9.17) is 52.6 Å². The van der Waals surface area contributed by atoms with Crippen molar-refractivity contribution in [2.75, 3.05) is 146 Å². The third kappa shape index (κ3) is 21.4. The molecule has 698 valence electrons. The fraction of sp³-hybridized carbons (Fsp3) is 0.373. The second-order valence-corrected chi connectivity index (χ2v) is 40.3. The van der Waals surface area contributed by atoms with E-state index in [1.807, 2.05) is 101 Å². The Labute approximate surface area is 806 Å². The molecule has 0 amide bonds. The summed E-state index contributed by atoms with van der Waals surface area (Å²) < 4.78 is 31.9. The van der Waals surface area contributed by atoms with Gasteiger partial charge in [-0.15, -0.1) is 22.7 Å². The molecule has 5 N–H and O–H groups in total. The SMILES string of the molecule is C=C(C)N1CCC(c2cnc(-c3cc4cnc(Nc5ccc(N6CCNCC6)c(F)c5)nc4n(CC4CCOCC4)c3=O)c(Cl)c2)C1.CN1CCCCC1c1ccc(-c2cc3cnc(Nc4ccc(C5CNCCS5)cc4)nc3n(Cc3nccs3)c2=O)c(Cl)c1.Cc1ccc(-c2cc3cnc(Nc4ccc(OC5CCN(C)C5)cc4)nc3n(-c3nccs3)c2=O)c(C2CCN(C)CC2)c1. The van der Waals surface area contributed by atoms with Gasteiger partial charge >= 0.3 is 0 Å². The quantitative estimate of drug-likeness (QED) is 0.0422. The Morgan fingerprint density at radius 3 is 1.85 bits per heavy atom. The minimum atomic E-state index is -0.310. The third-order valence-electron chi connectivity index (χ3n) is 26.9. The molecule has 14 aromatic rings. The van der Waals surface area contributed by atoms with Crippen molar-refractivity contribution < 1.29 is 13.9 Å². The van der Waals surface area contributed by atoms with Gasteiger partial charge in [0.2, 0.25) is 17.8 Å². The maximum Gasteiger partial charge on any atom is 0.266 e. The number of benzene rings is 5. The zero-order valence-corrected chi connectivity index (χ0v) is 80.5. The molecule has 27 nitrogen and oxygen atoms in total. The van der Waals surface area contributed by atoms with Crippen LogP contribution in [0.1, 0.15) is 121 Å². The van der Waals surface area contributed by atoms with Crippen LogP contribution in [0.15, 0.2) is 202 Å². The lowest BCUT2D eigenvalue weighted by Gasteiger charge is -2.33. The predicted molar refractivity (Wildman–Crippen MR) is 543 cm³/mol. The highest BCUT2D eigenvalue weighted by Gasteiger charge is 2.32. The number of hydrogen-bond acceptors (Lipinski definition) is 27. The number of thioether (sulfide) groups is 1. The van der Waals surface area contributed by atoms with Crippen molar-refractivity contribution in [2.24, 2.45) is 5.92 Å². The normalized spacial score (nSPS) is 18.8. The summed E-state index contributed by atoms with van der Waals surface area (Å²) in [4.78, 5) is 96.0. The highest BCUT2D eigenvalue weighted by molar-refractivity contribution is 7.99. The molecule has 9 aromatic heterocycles. The van der Waals surface area contributed by atoms with Crippen LogP contribution in [0.25, 0.3) is 71.7 Å². The zero-order valence-electron chi connectivity index (χ0n) is 76.5. The van der Waals surface area contributed by atoms with Crippen LogP contribution in [0.4, 0.5) is 45.0 Å². The standard InChI is InChI=1S/C35H40ClFN8O2.C34H37N7O2S.C33H34ClN7OS2/c1-22(2)44-10-5-24(21-44)25-16-29(36)32(39-18-25)28-15-26-19-40-35(42-33(26)45(34(28)46)20-23-6-13-47-14-7-23)41-27-3-4-31(30(37)17-27)43-11-8-38-9-12-43;1-22-4-9-28(29(18-22)23-10-14-39(2)15-11-23)30-19-24-20-36-33(38-31(24)41(32(30)42)34-35-13-17-44-34)37-25-5-7-26(8-6-25)43-27-12-16-40(3)21-27;1-40-13-3-2-4-28(40)22-7-10-25(27(34)17-22)26-16-23-18-37-33(39-31(23)41(32(26)42)20-30-36-12-15-44-30)38-24-8-5-21(6-9-24)29-19-35-11-14-43-29/h3-4,15-19,23-24,38H,1,5-14,20-21H2,2H3,(H,40,41,42);4-9,13,17-20,23,27H,10-12,14-16,21H2,1-3H3,(H,36,37,38);5-10,12,15-18,28-29,35H,2-4,11,13-14,19-20H2,1H3,(H,37,38,39). The number of ether oxygens (including phenoxy) is 2. The van der Waals surface area contributed by atoms with Crippen LogP contribution in [0, 0.1) is 18.7 Å². The Morgan fingerprint density at radius 2 is 1.20 bits per heavy atom. The number of aromatic nitrogens is 12. The average molecular weight is 1910 g/mol. The summed E-state index contributed by atoms with van der Waals surface area (Å²) in [5, 5.41) is 25.4. The van der Waals surface area contributed by atoms with E-state index in [1.165, 1.54) is 63.8 Å². The first-order chi connectivity index (χ1) is 65.8. The molecular weight excluding hydrogens is 1800 g/mol. The Bertz CT molecular complexity index is 6790. The lowest BCUT2D eigenvalue weighted by Crippen LogP contribution is -2.43. The number of hydrogen-bond donors (Lipinski definition) is 5.